The number of fused-ring (bicyclic) bond motifs is 1. The number of aromatic nitrogens is 3. The van der Waals surface area contributed by atoms with Gasteiger partial charge in [-0.25, -0.2) is 4.98 Å². The minimum absolute atomic E-state index is 0.948. The van der Waals surface area contributed by atoms with Crippen molar-refractivity contribution in [1.82, 2.24) is 14.5 Å². The molecule has 4 heteroatoms. The number of pyridine rings is 1. The molecule has 3 aromatic rings. The number of anilines is 1. The normalized spacial score (nSPS) is 10.7. The molecule has 3 rings (SSSR count). The van der Waals surface area contributed by atoms with Crippen LogP contribution >= 0.6 is 0 Å². The molecule has 0 unspecified atom stereocenters. The summed E-state index contributed by atoms with van der Waals surface area (Å²) >= 11 is 0. The quantitative estimate of drug-likeness (QED) is 0.710. The molecule has 0 aliphatic carbocycles. The standard InChI is InChI=1S/C15H16N4/c1-3-13-11-14(4-5-15(13)18-6-1)17-7-2-9-19-10-8-16-12-19/h1,3-6,8,10-12,17H,2,7,9H2. The highest BCUT2D eigenvalue weighted by atomic mass is 15.0. The van der Waals surface area contributed by atoms with Gasteiger partial charge >= 0.3 is 0 Å². The third-order valence-corrected chi connectivity index (χ3v) is 3.08. The topological polar surface area (TPSA) is 42.7 Å². The number of rotatable bonds is 5. The monoisotopic (exact) mass is 252 g/mol. The van der Waals surface area contributed by atoms with Crippen molar-refractivity contribution in [3.8, 4) is 0 Å². The maximum Gasteiger partial charge on any atom is 0.0945 e. The summed E-state index contributed by atoms with van der Waals surface area (Å²) in [5.74, 6) is 0. The molecule has 19 heavy (non-hydrogen) atoms. The summed E-state index contributed by atoms with van der Waals surface area (Å²) in [6.07, 6.45) is 8.54. The number of hydrogen-bond donors (Lipinski definition) is 1. The van der Waals surface area contributed by atoms with E-state index in [1.807, 2.05) is 37.1 Å². The zero-order valence-electron chi connectivity index (χ0n) is 10.7. The predicted molar refractivity (Wildman–Crippen MR) is 77.1 cm³/mol. The van der Waals surface area contributed by atoms with Crippen molar-refractivity contribution in [3.05, 3.63) is 55.2 Å². The molecule has 0 saturated carbocycles. The summed E-state index contributed by atoms with van der Waals surface area (Å²) in [5.41, 5.74) is 2.18. The highest BCUT2D eigenvalue weighted by molar-refractivity contribution is 5.82. The van der Waals surface area contributed by atoms with Gasteiger partial charge in [-0.3, -0.25) is 4.98 Å². The molecule has 96 valence electrons. The number of imidazole rings is 1. The van der Waals surface area contributed by atoms with Gasteiger partial charge < -0.3 is 9.88 Å². The Morgan fingerprint density at radius 2 is 2.16 bits per heavy atom. The second-order valence-corrected chi connectivity index (χ2v) is 4.49. The summed E-state index contributed by atoms with van der Waals surface area (Å²) in [7, 11) is 0. The summed E-state index contributed by atoms with van der Waals surface area (Å²) in [6, 6.07) is 10.3. The smallest absolute Gasteiger partial charge is 0.0945 e. The van der Waals surface area contributed by atoms with Crippen molar-refractivity contribution in [2.75, 3.05) is 11.9 Å². The van der Waals surface area contributed by atoms with E-state index in [4.69, 9.17) is 0 Å². The molecule has 2 aromatic heterocycles. The highest BCUT2D eigenvalue weighted by Crippen LogP contribution is 2.16. The van der Waals surface area contributed by atoms with Gasteiger partial charge in [0.1, 0.15) is 0 Å². The van der Waals surface area contributed by atoms with Gasteiger partial charge in [0, 0.05) is 42.8 Å². The van der Waals surface area contributed by atoms with E-state index in [1.54, 1.807) is 0 Å². The third-order valence-electron chi connectivity index (χ3n) is 3.08. The fourth-order valence-corrected chi connectivity index (χ4v) is 2.10. The average molecular weight is 252 g/mol. The first kappa shape index (κ1) is 11.7. The SMILES string of the molecule is c1cnc2ccc(NCCCn3ccnc3)cc2c1. The first-order chi connectivity index (χ1) is 9.42. The Balaban J connectivity index is 1.56. The molecule has 0 atom stereocenters. The van der Waals surface area contributed by atoms with Crippen molar-refractivity contribution < 1.29 is 0 Å². The van der Waals surface area contributed by atoms with Gasteiger partial charge in [-0.15, -0.1) is 0 Å². The van der Waals surface area contributed by atoms with Crippen LogP contribution in [0.3, 0.4) is 0 Å². The lowest BCUT2D eigenvalue weighted by atomic mass is 10.2. The van der Waals surface area contributed by atoms with Crippen LogP contribution < -0.4 is 5.32 Å². The molecule has 1 N–H and O–H groups in total. The number of nitrogens with one attached hydrogen (secondary N) is 1. The first-order valence-corrected chi connectivity index (χ1v) is 6.46. The van der Waals surface area contributed by atoms with Gasteiger partial charge in [0.05, 0.1) is 11.8 Å². The summed E-state index contributed by atoms with van der Waals surface area (Å²) in [6.45, 7) is 1.94. The lowest BCUT2D eigenvalue weighted by Crippen LogP contribution is -2.05. The molecule has 0 fully saturated rings. The summed E-state index contributed by atoms with van der Waals surface area (Å²) in [4.78, 5) is 8.34. The Morgan fingerprint density at radius 1 is 1.16 bits per heavy atom. The lowest BCUT2D eigenvalue weighted by Gasteiger charge is -2.07. The molecule has 2 heterocycles. The fourth-order valence-electron chi connectivity index (χ4n) is 2.10. The van der Waals surface area contributed by atoms with E-state index >= 15 is 0 Å². The molecule has 1 aromatic carbocycles. The van der Waals surface area contributed by atoms with Crippen LogP contribution in [0.25, 0.3) is 10.9 Å². The maximum atomic E-state index is 4.31. The minimum Gasteiger partial charge on any atom is -0.385 e. The highest BCUT2D eigenvalue weighted by Gasteiger charge is 1.96. The van der Waals surface area contributed by atoms with Crippen LogP contribution in [0.2, 0.25) is 0 Å². The molecule has 0 aliphatic rings. The van der Waals surface area contributed by atoms with Gasteiger partial charge in [-0.2, -0.15) is 0 Å². The average Bonchev–Trinajstić information content (AvgIpc) is 2.97. The van der Waals surface area contributed by atoms with E-state index in [-0.39, 0.29) is 0 Å². The third kappa shape index (κ3) is 2.91. The van der Waals surface area contributed by atoms with Crippen molar-refractivity contribution in [1.29, 1.82) is 0 Å². The van der Waals surface area contributed by atoms with Gasteiger partial charge in [0.15, 0.2) is 0 Å². The Hall–Kier alpha value is -2.36. The van der Waals surface area contributed by atoms with Crippen LogP contribution in [0.1, 0.15) is 6.42 Å². The Morgan fingerprint density at radius 3 is 3.05 bits per heavy atom. The molecule has 0 radical (unpaired) electrons. The largest absolute Gasteiger partial charge is 0.385 e. The Labute approximate surface area is 112 Å². The molecule has 4 nitrogen and oxygen atoms in total. The molecular weight excluding hydrogens is 236 g/mol. The Bertz CT molecular complexity index is 646. The van der Waals surface area contributed by atoms with E-state index in [0.717, 1.165) is 30.7 Å². The molecule has 0 spiro atoms. The van der Waals surface area contributed by atoms with E-state index in [2.05, 4.69) is 38.1 Å². The van der Waals surface area contributed by atoms with Crippen LogP contribution in [0.5, 0.6) is 0 Å². The number of benzene rings is 1. The number of nitrogens with zero attached hydrogens (tertiary/aromatic N) is 3. The van der Waals surface area contributed by atoms with Gasteiger partial charge in [-0.05, 0) is 30.7 Å². The minimum atomic E-state index is 0.948. The second-order valence-electron chi connectivity index (χ2n) is 4.49. The molecular formula is C15H16N4. The zero-order chi connectivity index (χ0) is 12.9. The predicted octanol–water partition coefficient (Wildman–Crippen LogP) is 2.93. The Kier molecular flexibility index (Phi) is 3.40. The van der Waals surface area contributed by atoms with Crippen molar-refractivity contribution >= 4 is 16.6 Å². The second kappa shape index (κ2) is 5.52. The van der Waals surface area contributed by atoms with Crippen molar-refractivity contribution in [2.45, 2.75) is 13.0 Å². The van der Waals surface area contributed by atoms with Crippen LogP contribution in [0, 0.1) is 0 Å². The first-order valence-electron chi connectivity index (χ1n) is 6.46. The van der Waals surface area contributed by atoms with Crippen LogP contribution in [0.15, 0.2) is 55.2 Å². The van der Waals surface area contributed by atoms with E-state index < -0.39 is 0 Å². The van der Waals surface area contributed by atoms with Crippen LogP contribution in [-0.2, 0) is 6.54 Å². The van der Waals surface area contributed by atoms with Gasteiger partial charge in [-0.1, -0.05) is 6.07 Å². The summed E-state index contributed by atoms with van der Waals surface area (Å²) in [5, 5.41) is 4.61. The molecule has 0 bridgehead atoms. The number of hydrogen-bond acceptors (Lipinski definition) is 3. The van der Waals surface area contributed by atoms with Crippen LogP contribution in [-0.4, -0.2) is 21.1 Å². The van der Waals surface area contributed by atoms with Crippen molar-refractivity contribution in [2.24, 2.45) is 0 Å². The van der Waals surface area contributed by atoms with E-state index in [1.165, 1.54) is 5.39 Å². The summed E-state index contributed by atoms with van der Waals surface area (Å²) < 4.78 is 2.09. The van der Waals surface area contributed by atoms with E-state index in [9.17, 15) is 0 Å². The molecule has 0 aliphatic heterocycles. The fraction of sp³-hybridized carbons (Fsp3) is 0.200. The van der Waals surface area contributed by atoms with Crippen molar-refractivity contribution in [3.63, 3.8) is 0 Å². The molecule has 0 amide bonds. The van der Waals surface area contributed by atoms with Crippen LogP contribution in [0.4, 0.5) is 5.69 Å². The maximum absolute atomic E-state index is 4.31. The lowest BCUT2D eigenvalue weighted by molar-refractivity contribution is 0.661. The van der Waals surface area contributed by atoms with E-state index in [0.29, 0.717) is 0 Å². The number of aryl methyl sites for hydroxylation is 1. The van der Waals surface area contributed by atoms with Gasteiger partial charge in [0.25, 0.3) is 0 Å². The van der Waals surface area contributed by atoms with Gasteiger partial charge in [0.2, 0.25) is 0 Å². The molecule has 0 saturated heterocycles. The zero-order valence-corrected chi connectivity index (χ0v) is 10.7.